The molecule has 0 amide bonds. The van der Waals surface area contributed by atoms with Crippen LogP contribution in [0, 0.1) is 17.3 Å². The first-order valence-electron chi connectivity index (χ1n) is 6.71. The van der Waals surface area contributed by atoms with Gasteiger partial charge in [-0.15, -0.1) is 11.8 Å². The van der Waals surface area contributed by atoms with Crippen LogP contribution < -0.4 is 5.32 Å². The molecule has 18 heavy (non-hydrogen) atoms. The second-order valence-electron chi connectivity index (χ2n) is 5.86. The molecule has 0 radical (unpaired) electrons. The van der Waals surface area contributed by atoms with Crippen LogP contribution in [0.5, 0.6) is 0 Å². The molecule has 0 aliphatic rings. The smallest absolute Gasteiger partial charge is 0.0325 e. The van der Waals surface area contributed by atoms with Gasteiger partial charge in [-0.3, -0.25) is 0 Å². The van der Waals surface area contributed by atoms with Gasteiger partial charge in [-0.2, -0.15) is 0 Å². The summed E-state index contributed by atoms with van der Waals surface area (Å²) in [5, 5.41) is 3.62. The lowest BCUT2D eigenvalue weighted by molar-refractivity contribution is 0.313. The maximum absolute atomic E-state index is 3.62. The summed E-state index contributed by atoms with van der Waals surface area (Å²) in [5.74, 6) is 6.04. The number of hydrogen-bond acceptors (Lipinski definition) is 1. The van der Waals surface area contributed by atoms with Crippen molar-refractivity contribution in [3.05, 3.63) is 35.9 Å². The van der Waals surface area contributed by atoms with Gasteiger partial charge in [-0.25, -0.2) is 0 Å². The molecule has 0 saturated heterocycles. The summed E-state index contributed by atoms with van der Waals surface area (Å²) in [6.07, 6.45) is 2.06. The van der Waals surface area contributed by atoms with Crippen molar-refractivity contribution < 1.29 is 0 Å². The summed E-state index contributed by atoms with van der Waals surface area (Å²) < 4.78 is 0. The minimum atomic E-state index is 0.323. The third-order valence-corrected chi connectivity index (χ3v) is 2.84. The minimum Gasteiger partial charge on any atom is -0.309 e. The zero-order valence-electron chi connectivity index (χ0n) is 12.1. The van der Waals surface area contributed by atoms with E-state index in [0.717, 1.165) is 19.4 Å². The number of rotatable bonds is 5. The monoisotopic (exact) mass is 243 g/mol. The lowest BCUT2D eigenvalue weighted by Gasteiger charge is -2.27. The van der Waals surface area contributed by atoms with Gasteiger partial charge in [0.15, 0.2) is 0 Å². The van der Waals surface area contributed by atoms with Gasteiger partial charge in [0.1, 0.15) is 0 Å². The second kappa shape index (κ2) is 7.24. The Labute approximate surface area is 112 Å². The average molecular weight is 243 g/mol. The normalized spacial score (nSPS) is 12.7. The fraction of sp³-hybridized carbons (Fsp3) is 0.529. The molecule has 0 aromatic heterocycles. The van der Waals surface area contributed by atoms with Gasteiger partial charge < -0.3 is 5.32 Å². The van der Waals surface area contributed by atoms with E-state index >= 15 is 0 Å². The largest absolute Gasteiger partial charge is 0.309 e. The molecule has 1 N–H and O–H groups in total. The molecule has 0 fully saturated rings. The van der Waals surface area contributed by atoms with E-state index in [1.165, 1.54) is 5.56 Å². The summed E-state index contributed by atoms with van der Waals surface area (Å²) >= 11 is 0. The van der Waals surface area contributed by atoms with Gasteiger partial charge in [0, 0.05) is 19.0 Å². The molecule has 0 aliphatic heterocycles. The average Bonchev–Trinajstić information content (AvgIpc) is 2.33. The quantitative estimate of drug-likeness (QED) is 0.604. The van der Waals surface area contributed by atoms with Crippen LogP contribution in [0.4, 0.5) is 0 Å². The molecule has 0 bridgehead atoms. The van der Waals surface area contributed by atoms with Crippen LogP contribution >= 0.6 is 0 Å². The van der Waals surface area contributed by atoms with Crippen LogP contribution in [-0.2, 0) is 0 Å². The Bertz CT molecular complexity index is 389. The van der Waals surface area contributed by atoms with E-state index in [2.05, 4.69) is 68.3 Å². The molecule has 1 aromatic rings. The molecule has 1 rings (SSSR count). The summed E-state index contributed by atoms with van der Waals surface area (Å²) in [7, 11) is 0. The van der Waals surface area contributed by atoms with E-state index in [1.807, 2.05) is 6.92 Å². The Morgan fingerprint density at radius 1 is 1.17 bits per heavy atom. The summed E-state index contributed by atoms with van der Waals surface area (Å²) in [4.78, 5) is 0. The van der Waals surface area contributed by atoms with E-state index in [1.54, 1.807) is 0 Å². The maximum atomic E-state index is 3.62. The lowest BCUT2D eigenvalue weighted by atomic mass is 9.85. The molecule has 1 nitrogen and oxygen atoms in total. The topological polar surface area (TPSA) is 12.0 Å². The Kier molecular flexibility index (Phi) is 5.95. The first-order chi connectivity index (χ1) is 8.53. The summed E-state index contributed by atoms with van der Waals surface area (Å²) in [6, 6.07) is 11.1. The highest BCUT2D eigenvalue weighted by Crippen LogP contribution is 2.29. The van der Waals surface area contributed by atoms with E-state index in [9.17, 15) is 0 Å². The number of hydrogen-bond donors (Lipinski definition) is 1. The summed E-state index contributed by atoms with van der Waals surface area (Å²) in [5.41, 5.74) is 1.70. The van der Waals surface area contributed by atoms with E-state index in [4.69, 9.17) is 0 Å². The highest BCUT2D eigenvalue weighted by atomic mass is 14.9. The zero-order chi connectivity index (χ0) is 13.4. The Balaban J connectivity index is 2.66. The van der Waals surface area contributed by atoms with Crippen LogP contribution in [0.1, 0.15) is 52.1 Å². The van der Waals surface area contributed by atoms with Crippen molar-refractivity contribution >= 4 is 0 Å². The first-order valence-corrected chi connectivity index (χ1v) is 6.71. The summed E-state index contributed by atoms with van der Waals surface area (Å²) in [6.45, 7) is 9.71. The third-order valence-electron chi connectivity index (χ3n) is 2.84. The molecular weight excluding hydrogens is 218 g/mol. The standard InChI is InChI=1S/C17H25N/c1-5-6-10-13-18-16(14-17(2,3)4)15-11-8-7-9-12-15/h7-9,11-12,16,18H,10,13-14H2,1-4H3. The van der Waals surface area contributed by atoms with Crippen LogP contribution in [0.2, 0.25) is 0 Å². The minimum absolute atomic E-state index is 0.323. The predicted octanol–water partition coefficient (Wildman–Crippen LogP) is 4.17. The molecule has 0 spiro atoms. The SMILES string of the molecule is CC#CCCNC(CC(C)(C)C)c1ccccc1. The van der Waals surface area contributed by atoms with Crippen LogP contribution in [0.3, 0.4) is 0 Å². The lowest BCUT2D eigenvalue weighted by Crippen LogP contribution is -2.26. The fourth-order valence-electron chi connectivity index (χ4n) is 2.04. The van der Waals surface area contributed by atoms with Crippen molar-refractivity contribution in [2.75, 3.05) is 6.54 Å². The second-order valence-corrected chi connectivity index (χ2v) is 5.86. The molecule has 1 atom stereocenters. The molecular formula is C17H25N. The highest BCUT2D eigenvalue weighted by molar-refractivity contribution is 5.19. The van der Waals surface area contributed by atoms with Crippen molar-refractivity contribution in [3.63, 3.8) is 0 Å². The Morgan fingerprint density at radius 3 is 2.39 bits per heavy atom. The maximum Gasteiger partial charge on any atom is 0.0325 e. The molecule has 0 saturated carbocycles. The zero-order valence-corrected chi connectivity index (χ0v) is 12.1. The van der Waals surface area contributed by atoms with Crippen molar-refractivity contribution in [2.45, 2.75) is 46.6 Å². The molecule has 1 unspecified atom stereocenters. The van der Waals surface area contributed by atoms with Crippen molar-refractivity contribution in [1.29, 1.82) is 0 Å². The third kappa shape index (κ3) is 5.89. The van der Waals surface area contributed by atoms with Crippen LogP contribution in [-0.4, -0.2) is 6.54 Å². The van der Waals surface area contributed by atoms with Crippen molar-refractivity contribution in [1.82, 2.24) is 5.32 Å². The molecule has 0 aliphatic carbocycles. The van der Waals surface area contributed by atoms with Gasteiger partial charge in [0.05, 0.1) is 0 Å². The van der Waals surface area contributed by atoms with Gasteiger partial charge in [0.25, 0.3) is 0 Å². The molecule has 1 heteroatoms. The fourth-order valence-corrected chi connectivity index (χ4v) is 2.04. The molecule has 98 valence electrons. The molecule has 1 aromatic carbocycles. The van der Waals surface area contributed by atoms with Crippen LogP contribution in [0.15, 0.2) is 30.3 Å². The van der Waals surface area contributed by atoms with Gasteiger partial charge in [-0.05, 0) is 24.3 Å². The Morgan fingerprint density at radius 2 is 1.83 bits per heavy atom. The van der Waals surface area contributed by atoms with E-state index in [0.29, 0.717) is 11.5 Å². The van der Waals surface area contributed by atoms with Crippen LogP contribution in [0.25, 0.3) is 0 Å². The predicted molar refractivity (Wildman–Crippen MR) is 79.3 cm³/mol. The van der Waals surface area contributed by atoms with Crippen molar-refractivity contribution in [3.8, 4) is 11.8 Å². The van der Waals surface area contributed by atoms with Gasteiger partial charge in [0.2, 0.25) is 0 Å². The van der Waals surface area contributed by atoms with E-state index in [-0.39, 0.29) is 0 Å². The van der Waals surface area contributed by atoms with Gasteiger partial charge in [-0.1, -0.05) is 51.1 Å². The number of benzene rings is 1. The Hall–Kier alpha value is -1.26. The van der Waals surface area contributed by atoms with Crippen molar-refractivity contribution in [2.24, 2.45) is 5.41 Å². The highest BCUT2D eigenvalue weighted by Gasteiger charge is 2.19. The van der Waals surface area contributed by atoms with Gasteiger partial charge >= 0.3 is 0 Å². The number of nitrogens with one attached hydrogen (secondary N) is 1. The molecule has 0 heterocycles. The van der Waals surface area contributed by atoms with E-state index < -0.39 is 0 Å². The first kappa shape index (κ1) is 14.8.